The first kappa shape index (κ1) is 16.5. The molecule has 0 radical (unpaired) electrons. The van der Waals surface area contributed by atoms with E-state index in [0.29, 0.717) is 13.0 Å². The van der Waals surface area contributed by atoms with Crippen LogP contribution in [-0.4, -0.2) is 24.7 Å². The van der Waals surface area contributed by atoms with Gasteiger partial charge in [-0.3, -0.25) is 4.79 Å². The molecule has 0 aromatic heterocycles. The summed E-state index contributed by atoms with van der Waals surface area (Å²) in [6.45, 7) is 14.6. The molecule has 1 N–H and O–H groups in total. The van der Waals surface area contributed by atoms with E-state index in [2.05, 4.69) is 39.9 Å². The SMILES string of the molecule is CCNC1(CC(=O)OCC)CC(C)(C)CC(C)(C)C1. The van der Waals surface area contributed by atoms with Gasteiger partial charge in [0.05, 0.1) is 13.0 Å². The van der Waals surface area contributed by atoms with E-state index in [1.54, 1.807) is 0 Å². The zero-order chi connectivity index (χ0) is 14.7. The fourth-order valence-electron chi connectivity index (χ4n) is 4.49. The number of rotatable bonds is 5. The highest BCUT2D eigenvalue weighted by atomic mass is 16.5. The lowest BCUT2D eigenvalue weighted by Crippen LogP contribution is -2.56. The average Bonchev–Trinajstić information content (AvgIpc) is 2.11. The molecule has 0 bridgehead atoms. The molecular formula is C16H31NO2. The van der Waals surface area contributed by atoms with E-state index in [9.17, 15) is 4.79 Å². The smallest absolute Gasteiger partial charge is 0.307 e. The Bertz CT molecular complexity index is 305. The topological polar surface area (TPSA) is 38.3 Å². The molecule has 1 saturated carbocycles. The van der Waals surface area contributed by atoms with Gasteiger partial charge in [-0.25, -0.2) is 0 Å². The van der Waals surface area contributed by atoms with Gasteiger partial charge in [-0.2, -0.15) is 0 Å². The van der Waals surface area contributed by atoms with E-state index in [-0.39, 0.29) is 22.3 Å². The summed E-state index contributed by atoms with van der Waals surface area (Å²) in [5, 5.41) is 3.60. The van der Waals surface area contributed by atoms with Crippen molar-refractivity contribution in [3.05, 3.63) is 0 Å². The summed E-state index contributed by atoms with van der Waals surface area (Å²) in [4.78, 5) is 12.0. The van der Waals surface area contributed by atoms with Crippen molar-refractivity contribution in [2.75, 3.05) is 13.2 Å². The second-order valence-corrected chi connectivity index (χ2v) is 7.65. The van der Waals surface area contributed by atoms with Crippen molar-refractivity contribution in [2.24, 2.45) is 10.8 Å². The Morgan fingerprint density at radius 1 is 1.05 bits per heavy atom. The molecular weight excluding hydrogens is 238 g/mol. The predicted octanol–water partition coefficient (Wildman–Crippen LogP) is 3.52. The lowest BCUT2D eigenvalue weighted by molar-refractivity contribution is -0.146. The van der Waals surface area contributed by atoms with Gasteiger partial charge in [-0.1, -0.05) is 34.6 Å². The first-order valence-electron chi connectivity index (χ1n) is 7.54. The quantitative estimate of drug-likeness (QED) is 0.776. The molecule has 3 heteroatoms. The number of hydrogen-bond acceptors (Lipinski definition) is 3. The molecule has 1 aliphatic carbocycles. The number of carbonyl (C=O) groups excluding carboxylic acids is 1. The van der Waals surface area contributed by atoms with Gasteiger partial charge in [-0.05, 0) is 43.6 Å². The molecule has 0 aromatic rings. The Hall–Kier alpha value is -0.570. The van der Waals surface area contributed by atoms with Gasteiger partial charge in [0.25, 0.3) is 0 Å². The molecule has 19 heavy (non-hydrogen) atoms. The molecule has 1 fully saturated rings. The van der Waals surface area contributed by atoms with Gasteiger partial charge >= 0.3 is 5.97 Å². The standard InChI is InChI=1S/C16H31NO2/c1-7-17-16(9-13(18)19-8-2)11-14(3,4)10-15(5,6)12-16/h17H,7-12H2,1-6H3. The molecule has 1 aliphatic rings. The molecule has 0 heterocycles. The maximum Gasteiger partial charge on any atom is 0.307 e. The summed E-state index contributed by atoms with van der Waals surface area (Å²) in [6.07, 6.45) is 3.77. The normalized spacial score (nSPS) is 23.9. The number of nitrogens with one attached hydrogen (secondary N) is 1. The van der Waals surface area contributed by atoms with Crippen molar-refractivity contribution in [1.82, 2.24) is 5.32 Å². The van der Waals surface area contributed by atoms with Crippen LogP contribution >= 0.6 is 0 Å². The second-order valence-electron chi connectivity index (χ2n) is 7.65. The molecule has 0 aliphatic heterocycles. The molecule has 0 unspecified atom stereocenters. The Balaban J connectivity index is 2.93. The number of hydrogen-bond donors (Lipinski definition) is 1. The van der Waals surface area contributed by atoms with Crippen LogP contribution in [0, 0.1) is 10.8 Å². The minimum Gasteiger partial charge on any atom is -0.466 e. The summed E-state index contributed by atoms with van der Waals surface area (Å²) in [6, 6.07) is 0. The summed E-state index contributed by atoms with van der Waals surface area (Å²) in [5.74, 6) is -0.0723. The minimum absolute atomic E-state index is 0.0723. The van der Waals surface area contributed by atoms with Gasteiger partial charge in [0.1, 0.15) is 0 Å². The lowest BCUT2D eigenvalue weighted by Gasteiger charge is -2.52. The first-order valence-corrected chi connectivity index (χ1v) is 7.54. The fourth-order valence-corrected chi connectivity index (χ4v) is 4.49. The van der Waals surface area contributed by atoms with Crippen LogP contribution in [0.15, 0.2) is 0 Å². The summed E-state index contributed by atoms with van der Waals surface area (Å²) in [5.41, 5.74) is 0.416. The molecule has 0 amide bonds. The maximum atomic E-state index is 12.0. The Morgan fingerprint density at radius 3 is 2.00 bits per heavy atom. The molecule has 0 saturated heterocycles. The van der Waals surface area contributed by atoms with Crippen molar-refractivity contribution in [3.8, 4) is 0 Å². The van der Waals surface area contributed by atoms with Crippen molar-refractivity contribution in [2.45, 2.75) is 72.8 Å². The van der Waals surface area contributed by atoms with Crippen LogP contribution in [0.1, 0.15) is 67.2 Å². The summed E-state index contributed by atoms with van der Waals surface area (Å²) < 4.78 is 5.17. The van der Waals surface area contributed by atoms with E-state index in [1.165, 1.54) is 6.42 Å². The van der Waals surface area contributed by atoms with E-state index in [4.69, 9.17) is 4.74 Å². The maximum absolute atomic E-state index is 12.0. The number of esters is 1. The molecule has 112 valence electrons. The summed E-state index contributed by atoms with van der Waals surface area (Å²) in [7, 11) is 0. The van der Waals surface area contributed by atoms with Crippen LogP contribution in [0.4, 0.5) is 0 Å². The molecule has 3 nitrogen and oxygen atoms in total. The van der Waals surface area contributed by atoms with Crippen LogP contribution in [0.5, 0.6) is 0 Å². The Kier molecular flexibility index (Phi) is 5.05. The fraction of sp³-hybridized carbons (Fsp3) is 0.938. The zero-order valence-electron chi connectivity index (χ0n) is 13.6. The lowest BCUT2D eigenvalue weighted by atomic mass is 9.57. The second kappa shape index (κ2) is 5.82. The average molecular weight is 269 g/mol. The van der Waals surface area contributed by atoms with Crippen LogP contribution in [0.25, 0.3) is 0 Å². The third kappa shape index (κ3) is 4.79. The largest absolute Gasteiger partial charge is 0.466 e. The third-order valence-electron chi connectivity index (χ3n) is 3.93. The van der Waals surface area contributed by atoms with E-state index >= 15 is 0 Å². The van der Waals surface area contributed by atoms with Crippen molar-refractivity contribution < 1.29 is 9.53 Å². The van der Waals surface area contributed by atoms with Crippen molar-refractivity contribution in [3.63, 3.8) is 0 Å². The minimum atomic E-state index is -0.105. The van der Waals surface area contributed by atoms with E-state index in [1.807, 2.05) is 6.92 Å². The van der Waals surface area contributed by atoms with Crippen LogP contribution in [0.2, 0.25) is 0 Å². The first-order chi connectivity index (χ1) is 8.64. The number of ether oxygens (including phenoxy) is 1. The Morgan fingerprint density at radius 2 is 1.58 bits per heavy atom. The van der Waals surface area contributed by atoms with Gasteiger partial charge < -0.3 is 10.1 Å². The van der Waals surface area contributed by atoms with Crippen LogP contribution in [-0.2, 0) is 9.53 Å². The van der Waals surface area contributed by atoms with E-state index in [0.717, 1.165) is 19.4 Å². The Labute approximate surface area is 118 Å². The van der Waals surface area contributed by atoms with Crippen molar-refractivity contribution >= 4 is 5.97 Å². The van der Waals surface area contributed by atoms with Crippen molar-refractivity contribution in [1.29, 1.82) is 0 Å². The van der Waals surface area contributed by atoms with Gasteiger partial charge in [0, 0.05) is 5.54 Å². The third-order valence-corrected chi connectivity index (χ3v) is 3.93. The van der Waals surface area contributed by atoms with Gasteiger partial charge in [0.2, 0.25) is 0 Å². The monoisotopic (exact) mass is 269 g/mol. The van der Waals surface area contributed by atoms with Crippen LogP contribution in [0.3, 0.4) is 0 Å². The molecule has 0 spiro atoms. The van der Waals surface area contributed by atoms with Gasteiger partial charge in [0.15, 0.2) is 0 Å². The number of carbonyl (C=O) groups is 1. The highest BCUT2D eigenvalue weighted by Crippen LogP contribution is 2.51. The molecule has 1 rings (SSSR count). The predicted molar refractivity (Wildman–Crippen MR) is 79.1 cm³/mol. The van der Waals surface area contributed by atoms with E-state index < -0.39 is 0 Å². The molecule has 0 aromatic carbocycles. The molecule has 0 atom stereocenters. The van der Waals surface area contributed by atoms with Gasteiger partial charge in [-0.15, -0.1) is 0 Å². The zero-order valence-corrected chi connectivity index (χ0v) is 13.6. The highest BCUT2D eigenvalue weighted by molar-refractivity contribution is 5.71. The van der Waals surface area contributed by atoms with Crippen LogP contribution < -0.4 is 5.32 Å². The summed E-state index contributed by atoms with van der Waals surface area (Å²) >= 11 is 0. The highest BCUT2D eigenvalue weighted by Gasteiger charge is 2.48.